The van der Waals surface area contributed by atoms with Gasteiger partial charge in [0.05, 0.1) is 24.7 Å². The van der Waals surface area contributed by atoms with Crippen LogP contribution in [-0.2, 0) is 24.3 Å². The molecule has 1 aromatic heterocycles. The monoisotopic (exact) mass is 379 g/mol. The second kappa shape index (κ2) is 9.41. The molecule has 0 atom stereocenters. The van der Waals surface area contributed by atoms with Gasteiger partial charge in [-0.05, 0) is 56.4 Å². The number of anilines is 1. The van der Waals surface area contributed by atoms with Crippen molar-refractivity contribution in [2.75, 3.05) is 18.0 Å². The molecule has 28 heavy (non-hydrogen) atoms. The van der Waals surface area contributed by atoms with Crippen molar-refractivity contribution in [2.45, 2.75) is 59.0 Å². The van der Waals surface area contributed by atoms with Crippen LogP contribution in [0.1, 0.15) is 48.2 Å². The highest BCUT2D eigenvalue weighted by Crippen LogP contribution is 2.20. The number of hydrogen-bond donors (Lipinski definition) is 1. The topological polar surface area (TPSA) is 73.9 Å². The highest BCUT2D eigenvalue weighted by Gasteiger charge is 2.14. The summed E-state index contributed by atoms with van der Waals surface area (Å²) in [6.07, 6.45) is 4.10. The Kier molecular flexibility index (Phi) is 6.70. The Hall–Kier alpha value is -2.81. The molecule has 0 saturated carbocycles. The van der Waals surface area contributed by atoms with E-state index in [4.69, 9.17) is 5.26 Å². The number of hydrogen-bond acceptors (Lipinski definition) is 4. The fourth-order valence-electron chi connectivity index (χ4n) is 3.80. The Bertz CT molecular complexity index is 841. The Morgan fingerprint density at radius 3 is 2.61 bits per heavy atom. The first-order valence-electron chi connectivity index (χ1n) is 10.1. The van der Waals surface area contributed by atoms with E-state index in [0.717, 1.165) is 35.6 Å². The minimum Gasteiger partial charge on any atom is -0.372 e. The van der Waals surface area contributed by atoms with E-state index in [1.54, 1.807) is 0 Å². The maximum Gasteiger partial charge on any atom is 0.220 e. The molecule has 2 aromatic rings. The molecule has 148 valence electrons. The van der Waals surface area contributed by atoms with Gasteiger partial charge in [-0.15, -0.1) is 0 Å². The van der Waals surface area contributed by atoms with Gasteiger partial charge < -0.3 is 10.2 Å². The third kappa shape index (κ3) is 4.92. The Balaban J connectivity index is 1.47. The molecule has 0 bridgehead atoms. The maximum atomic E-state index is 12.3. The quantitative estimate of drug-likeness (QED) is 0.764. The lowest BCUT2D eigenvalue weighted by molar-refractivity contribution is -0.121. The average molecular weight is 380 g/mol. The number of carbonyl (C=O) groups is 1. The maximum absolute atomic E-state index is 12.3. The first-order valence-corrected chi connectivity index (χ1v) is 10.1. The number of nitrogens with zero attached hydrogens (tertiary/aromatic N) is 4. The smallest absolute Gasteiger partial charge is 0.220 e. The largest absolute Gasteiger partial charge is 0.372 e. The molecule has 1 N–H and O–H groups in total. The molecule has 1 fully saturated rings. The van der Waals surface area contributed by atoms with Gasteiger partial charge in [-0.25, -0.2) is 0 Å². The molecule has 6 heteroatoms. The van der Waals surface area contributed by atoms with Crippen molar-refractivity contribution in [3.63, 3.8) is 0 Å². The molecule has 1 saturated heterocycles. The molecule has 0 aliphatic carbocycles. The molecular formula is C22H29N5O. The van der Waals surface area contributed by atoms with E-state index in [9.17, 15) is 4.79 Å². The average Bonchev–Trinajstić information content (AvgIpc) is 3.32. The lowest BCUT2D eigenvalue weighted by Crippen LogP contribution is -2.23. The van der Waals surface area contributed by atoms with Crippen LogP contribution in [0, 0.1) is 25.2 Å². The summed E-state index contributed by atoms with van der Waals surface area (Å²) in [5.74, 6) is 0.0483. The summed E-state index contributed by atoms with van der Waals surface area (Å²) in [5, 5.41) is 16.3. The van der Waals surface area contributed by atoms with Gasteiger partial charge in [-0.3, -0.25) is 9.48 Å². The molecular weight excluding hydrogens is 350 g/mol. The second-order valence-corrected chi connectivity index (χ2v) is 7.42. The van der Waals surface area contributed by atoms with E-state index in [1.807, 2.05) is 18.5 Å². The van der Waals surface area contributed by atoms with Crippen LogP contribution in [0.4, 0.5) is 5.69 Å². The van der Waals surface area contributed by atoms with E-state index < -0.39 is 0 Å². The Morgan fingerprint density at radius 2 is 1.93 bits per heavy atom. The van der Waals surface area contributed by atoms with Crippen molar-refractivity contribution in [3.8, 4) is 6.07 Å². The molecule has 1 aliphatic rings. The third-order valence-corrected chi connectivity index (χ3v) is 5.47. The van der Waals surface area contributed by atoms with E-state index in [0.29, 0.717) is 32.4 Å². The fourth-order valence-corrected chi connectivity index (χ4v) is 3.80. The van der Waals surface area contributed by atoms with Gasteiger partial charge >= 0.3 is 0 Å². The molecule has 1 amide bonds. The summed E-state index contributed by atoms with van der Waals surface area (Å²) in [7, 11) is 0. The van der Waals surface area contributed by atoms with Crippen molar-refractivity contribution < 1.29 is 4.79 Å². The molecule has 6 nitrogen and oxygen atoms in total. The number of benzene rings is 1. The van der Waals surface area contributed by atoms with Gasteiger partial charge in [-0.1, -0.05) is 12.1 Å². The van der Waals surface area contributed by atoms with Crippen LogP contribution >= 0.6 is 0 Å². The highest BCUT2D eigenvalue weighted by atomic mass is 16.1. The van der Waals surface area contributed by atoms with Gasteiger partial charge in [0.2, 0.25) is 5.91 Å². The predicted octanol–water partition coefficient (Wildman–Crippen LogP) is 3.26. The summed E-state index contributed by atoms with van der Waals surface area (Å²) in [4.78, 5) is 14.7. The summed E-state index contributed by atoms with van der Waals surface area (Å²) >= 11 is 0. The van der Waals surface area contributed by atoms with Crippen LogP contribution < -0.4 is 10.2 Å². The molecule has 2 heterocycles. The van der Waals surface area contributed by atoms with Crippen molar-refractivity contribution >= 4 is 11.6 Å². The molecule has 0 unspecified atom stereocenters. The SMILES string of the molecule is Cc1nn(CCC#N)c(C)c1CCC(=O)NCc1ccc(N2CCCC2)cc1. The van der Waals surface area contributed by atoms with Crippen LogP contribution in [0.25, 0.3) is 0 Å². The second-order valence-electron chi connectivity index (χ2n) is 7.42. The lowest BCUT2D eigenvalue weighted by atomic mass is 10.1. The van der Waals surface area contributed by atoms with Crippen LogP contribution in [0.3, 0.4) is 0 Å². The summed E-state index contributed by atoms with van der Waals surface area (Å²) in [5.41, 5.74) is 5.50. The van der Waals surface area contributed by atoms with Gasteiger partial charge in [0.25, 0.3) is 0 Å². The fraction of sp³-hybridized carbons (Fsp3) is 0.500. The Labute approximate surface area is 167 Å². The summed E-state index contributed by atoms with van der Waals surface area (Å²) < 4.78 is 1.87. The van der Waals surface area contributed by atoms with Crippen LogP contribution in [0.5, 0.6) is 0 Å². The van der Waals surface area contributed by atoms with Crippen LogP contribution in [0.15, 0.2) is 24.3 Å². The lowest BCUT2D eigenvalue weighted by Gasteiger charge is -2.17. The normalized spacial score (nSPS) is 13.5. The Morgan fingerprint density at radius 1 is 1.21 bits per heavy atom. The number of amides is 1. The number of carbonyl (C=O) groups excluding carboxylic acids is 1. The number of nitriles is 1. The summed E-state index contributed by atoms with van der Waals surface area (Å²) in [6, 6.07) is 10.6. The molecule has 0 radical (unpaired) electrons. The zero-order valence-corrected chi connectivity index (χ0v) is 16.9. The third-order valence-electron chi connectivity index (χ3n) is 5.47. The predicted molar refractivity (Wildman–Crippen MR) is 110 cm³/mol. The standard InChI is InChI=1S/C22H29N5O/c1-17-21(18(2)27(25-17)15-5-12-23)10-11-22(28)24-16-19-6-8-20(9-7-19)26-13-3-4-14-26/h6-9H,3-5,10-11,13-16H2,1-2H3,(H,24,28). The van der Waals surface area contributed by atoms with Gasteiger partial charge in [0.15, 0.2) is 0 Å². The molecule has 0 spiro atoms. The first kappa shape index (κ1) is 19.9. The zero-order chi connectivity index (χ0) is 19.9. The number of rotatable bonds is 8. The van der Waals surface area contributed by atoms with E-state index in [-0.39, 0.29) is 5.91 Å². The van der Waals surface area contributed by atoms with Gasteiger partial charge in [-0.2, -0.15) is 10.4 Å². The number of aryl methyl sites for hydroxylation is 2. The molecule has 3 rings (SSSR count). The van der Waals surface area contributed by atoms with Crippen LogP contribution in [0.2, 0.25) is 0 Å². The van der Waals surface area contributed by atoms with Crippen molar-refractivity contribution in [2.24, 2.45) is 0 Å². The zero-order valence-electron chi connectivity index (χ0n) is 16.9. The van der Waals surface area contributed by atoms with Gasteiger partial charge in [0.1, 0.15) is 0 Å². The first-order chi connectivity index (χ1) is 13.6. The number of nitrogens with one attached hydrogen (secondary N) is 1. The van der Waals surface area contributed by atoms with Gasteiger partial charge in [0, 0.05) is 37.4 Å². The van der Waals surface area contributed by atoms with Crippen molar-refractivity contribution in [1.29, 1.82) is 5.26 Å². The van der Waals surface area contributed by atoms with E-state index in [2.05, 4.69) is 45.7 Å². The minimum atomic E-state index is 0.0483. The van der Waals surface area contributed by atoms with Crippen LogP contribution in [-0.4, -0.2) is 28.8 Å². The number of aromatic nitrogens is 2. The van der Waals surface area contributed by atoms with Crippen molar-refractivity contribution in [3.05, 3.63) is 46.8 Å². The molecule has 1 aliphatic heterocycles. The minimum absolute atomic E-state index is 0.0483. The van der Waals surface area contributed by atoms with Crippen molar-refractivity contribution in [1.82, 2.24) is 15.1 Å². The van der Waals surface area contributed by atoms with E-state index in [1.165, 1.54) is 18.5 Å². The summed E-state index contributed by atoms with van der Waals surface area (Å²) in [6.45, 7) is 7.41. The highest BCUT2D eigenvalue weighted by molar-refractivity contribution is 5.76. The molecule has 1 aromatic carbocycles. The van der Waals surface area contributed by atoms with E-state index >= 15 is 0 Å².